The molecule has 1 unspecified atom stereocenters. The minimum absolute atomic E-state index is 0.106. The molecule has 0 fully saturated rings. The van der Waals surface area contributed by atoms with Crippen LogP contribution >= 0.6 is 11.6 Å². The van der Waals surface area contributed by atoms with E-state index < -0.39 is 0 Å². The van der Waals surface area contributed by atoms with Gasteiger partial charge in [0.2, 0.25) is 0 Å². The van der Waals surface area contributed by atoms with Crippen LogP contribution in [0.1, 0.15) is 21.5 Å². The van der Waals surface area contributed by atoms with Gasteiger partial charge >= 0.3 is 0 Å². The van der Waals surface area contributed by atoms with Crippen LogP contribution in [0, 0.1) is 13.8 Å². The minimum Gasteiger partial charge on any atom is -0.383 e. The molecule has 1 aromatic carbocycles. The van der Waals surface area contributed by atoms with Crippen LogP contribution in [0.2, 0.25) is 0 Å². The number of alkyl halides is 1. The molecule has 0 heterocycles. The van der Waals surface area contributed by atoms with Crippen molar-refractivity contribution in [1.29, 1.82) is 0 Å². The second kappa shape index (κ2) is 6.62. The Morgan fingerprint density at radius 1 is 1.47 bits per heavy atom. The van der Waals surface area contributed by atoms with Gasteiger partial charge in [-0.2, -0.15) is 0 Å². The summed E-state index contributed by atoms with van der Waals surface area (Å²) in [6.07, 6.45) is 0. The number of methoxy groups -OCH3 is 1. The summed E-state index contributed by atoms with van der Waals surface area (Å²) in [4.78, 5) is 12.0. The average Bonchev–Trinajstić information content (AvgIpc) is 2.28. The lowest BCUT2D eigenvalue weighted by molar-refractivity contribution is 0.0906. The lowest BCUT2D eigenvalue weighted by Gasteiger charge is -2.16. The summed E-state index contributed by atoms with van der Waals surface area (Å²) in [5.41, 5.74) is 2.79. The Morgan fingerprint density at radius 2 is 2.18 bits per heavy atom. The molecule has 0 radical (unpaired) electrons. The molecule has 17 heavy (non-hydrogen) atoms. The standard InChI is InChI=1S/C13H18ClNO2/c1-9-4-5-12(10(2)6-9)13(16)15-11(7-14)8-17-3/h4-6,11H,7-8H2,1-3H3,(H,15,16). The third-order valence-electron chi connectivity index (χ3n) is 2.52. The van der Waals surface area contributed by atoms with E-state index in [2.05, 4.69) is 5.32 Å². The number of amides is 1. The maximum Gasteiger partial charge on any atom is 0.251 e. The van der Waals surface area contributed by atoms with E-state index in [0.29, 0.717) is 18.1 Å². The van der Waals surface area contributed by atoms with Crippen LogP contribution in [0.5, 0.6) is 0 Å². The number of benzene rings is 1. The molecule has 0 aliphatic carbocycles. The molecule has 0 aromatic heterocycles. The van der Waals surface area contributed by atoms with Crippen molar-refractivity contribution in [3.8, 4) is 0 Å². The van der Waals surface area contributed by atoms with E-state index in [1.54, 1.807) is 7.11 Å². The van der Waals surface area contributed by atoms with Crippen molar-refractivity contribution in [3.63, 3.8) is 0 Å². The molecule has 0 saturated carbocycles. The Labute approximate surface area is 107 Å². The van der Waals surface area contributed by atoms with Crippen molar-refractivity contribution in [3.05, 3.63) is 34.9 Å². The van der Waals surface area contributed by atoms with Crippen molar-refractivity contribution in [2.24, 2.45) is 0 Å². The molecule has 4 heteroatoms. The van der Waals surface area contributed by atoms with E-state index in [-0.39, 0.29) is 11.9 Å². The van der Waals surface area contributed by atoms with Crippen molar-refractivity contribution < 1.29 is 9.53 Å². The van der Waals surface area contributed by atoms with Crippen LogP contribution < -0.4 is 5.32 Å². The number of nitrogens with one attached hydrogen (secondary N) is 1. The molecule has 0 spiro atoms. The average molecular weight is 256 g/mol. The maximum absolute atomic E-state index is 12.0. The topological polar surface area (TPSA) is 38.3 Å². The Bertz CT molecular complexity index is 393. The summed E-state index contributed by atoms with van der Waals surface area (Å²) in [6.45, 7) is 4.34. The van der Waals surface area contributed by atoms with E-state index >= 15 is 0 Å². The molecule has 0 aliphatic rings. The van der Waals surface area contributed by atoms with Gasteiger partial charge in [0.05, 0.1) is 12.6 Å². The van der Waals surface area contributed by atoms with Crippen LogP contribution in [0.4, 0.5) is 0 Å². The van der Waals surface area contributed by atoms with Crippen LogP contribution in [0.25, 0.3) is 0 Å². The highest BCUT2D eigenvalue weighted by molar-refractivity contribution is 6.18. The molecule has 0 aliphatic heterocycles. The van der Waals surface area contributed by atoms with Gasteiger partial charge in [-0.1, -0.05) is 17.7 Å². The smallest absolute Gasteiger partial charge is 0.251 e. The summed E-state index contributed by atoms with van der Waals surface area (Å²) in [5, 5.41) is 2.85. The zero-order valence-corrected chi connectivity index (χ0v) is 11.2. The first-order valence-corrected chi connectivity index (χ1v) is 6.05. The molecule has 3 nitrogen and oxygen atoms in total. The maximum atomic E-state index is 12.0. The fraction of sp³-hybridized carbons (Fsp3) is 0.462. The molecular weight excluding hydrogens is 238 g/mol. The molecule has 1 N–H and O–H groups in total. The Hall–Kier alpha value is -1.06. The largest absolute Gasteiger partial charge is 0.383 e. The van der Waals surface area contributed by atoms with Crippen molar-refractivity contribution >= 4 is 17.5 Å². The zero-order valence-electron chi connectivity index (χ0n) is 10.4. The Kier molecular flexibility index (Phi) is 5.45. The van der Waals surface area contributed by atoms with Gasteiger partial charge in [-0.05, 0) is 25.5 Å². The van der Waals surface area contributed by atoms with E-state index in [1.807, 2.05) is 32.0 Å². The van der Waals surface area contributed by atoms with Gasteiger partial charge in [0, 0.05) is 18.6 Å². The highest BCUT2D eigenvalue weighted by atomic mass is 35.5. The first kappa shape index (κ1) is 14.0. The molecular formula is C13H18ClNO2. The molecule has 1 aromatic rings. The van der Waals surface area contributed by atoms with E-state index in [1.165, 1.54) is 0 Å². The molecule has 94 valence electrons. The predicted octanol–water partition coefficient (Wildman–Crippen LogP) is 2.29. The zero-order chi connectivity index (χ0) is 12.8. The number of carbonyl (C=O) groups excluding carboxylic acids is 1. The first-order chi connectivity index (χ1) is 8.08. The van der Waals surface area contributed by atoms with E-state index in [0.717, 1.165) is 11.1 Å². The van der Waals surface area contributed by atoms with Gasteiger partial charge in [-0.25, -0.2) is 0 Å². The predicted molar refractivity (Wildman–Crippen MR) is 69.8 cm³/mol. The summed E-state index contributed by atoms with van der Waals surface area (Å²) in [6, 6.07) is 5.59. The van der Waals surface area contributed by atoms with Crippen LogP contribution in [0.3, 0.4) is 0 Å². The number of rotatable bonds is 5. The number of halogens is 1. The van der Waals surface area contributed by atoms with Crippen LogP contribution in [-0.2, 0) is 4.74 Å². The first-order valence-electron chi connectivity index (χ1n) is 5.51. The van der Waals surface area contributed by atoms with E-state index in [4.69, 9.17) is 16.3 Å². The molecule has 0 saturated heterocycles. The van der Waals surface area contributed by atoms with Gasteiger partial charge < -0.3 is 10.1 Å². The van der Waals surface area contributed by atoms with Gasteiger partial charge in [-0.3, -0.25) is 4.79 Å². The van der Waals surface area contributed by atoms with Crippen LogP contribution in [-0.4, -0.2) is 31.5 Å². The minimum atomic E-state index is -0.158. The highest BCUT2D eigenvalue weighted by Crippen LogP contribution is 2.10. The summed E-state index contributed by atoms with van der Waals surface area (Å²) in [7, 11) is 1.59. The monoisotopic (exact) mass is 255 g/mol. The molecule has 1 atom stereocenters. The number of ether oxygens (including phenoxy) is 1. The van der Waals surface area contributed by atoms with Gasteiger partial charge in [0.15, 0.2) is 0 Å². The van der Waals surface area contributed by atoms with Crippen molar-refractivity contribution in [2.45, 2.75) is 19.9 Å². The lowest BCUT2D eigenvalue weighted by Crippen LogP contribution is -2.39. The number of aryl methyl sites for hydroxylation is 2. The van der Waals surface area contributed by atoms with Gasteiger partial charge in [0.25, 0.3) is 5.91 Å². The van der Waals surface area contributed by atoms with E-state index in [9.17, 15) is 4.79 Å². The second-order valence-electron chi connectivity index (χ2n) is 4.10. The lowest BCUT2D eigenvalue weighted by atomic mass is 10.1. The number of hydrogen-bond acceptors (Lipinski definition) is 2. The summed E-state index contributed by atoms with van der Waals surface area (Å²) >= 11 is 5.75. The normalized spacial score (nSPS) is 12.2. The Balaban J connectivity index is 2.75. The third kappa shape index (κ3) is 4.02. The van der Waals surface area contributed by atoms with Gasteiger partial charge in [-0.15, -0.1) is 11.6 Å². The second-order valence-corrected chi connectivity index (χ2v) is 4.41. The van der Waals surface area contributed by atoms with Gasteiger partial charge in [0.1, 0.15) is 0 Å². The highest BCUT2D eigenvalue weighted by Gasteiger charge is 2.14. The SMILES string of the molecule is COCC(CCl)NC(=O)c1ccc(C)cc1C. The van der Waals surface area contributed by atoms with Crippen molar-refractivity contribution in [2.75, 3.05) is 19.6 Å². The molecule has 1 amide bonds. The number of hydrogen-bond donors (Lipinski definition) is 1. The molecule has 0 bridgehead atoms. The van der Waals surface area contributed by atoms with Crippen molar-refractivity contribution in [1.82, 2.24) is 5.32 Å². The fourth-order valence-electron chi connectivity index (χ4n) is 1.66. The van der Waals surface area contributed by atoms with Crippen LogP contribution in [0.15, 0.2) is 18.2 Å². The summed E-state index contributed by atoms with van der Waals surface area (Å²) in [5.74, 6) is 0.231. The fourth-order valence-corrected chi connectivity index (χ4v) is 1.82. The third-order valence-corrected chi connectivity index (χ3v) is 2.89. The number of carbonyl (C=O) groups is 1. The molecule has 1 rings (SSSR count). The quantitative estimate of drug-likeness (QED) is 0.820. The Morgan fingerprint density at radius 3 is 2.71 bits per heavy atom. The summed E-state index contributed by atoms with van der Waals surface area (Å²) < 4.78 is 4.98.